The summed E-state index contributed by atoms with van der Waals surface area (Å²) in [6, 6.07) is 8.16. The second kappa shape index (κ2) is 7.39. The number of benzene rings is 1. The summed E-state index contributed by atoms with van der Waals surface area (Å²) in [4.78, 5) is 2.81. The molecule has 1 aromatic rings. The van der Waals surface area contributed by atoms with Crippen LogP contribution in [0.15, 0.2) is 18.2 Å². The van der Waals surface area contributed by atoms with Crippen LogP contribution < -0.4 is 10.6 Å². The maximum absolute atomic E-state index is 6.16. The molecule has 3 rings (SSSR count). The van der Waals surface area contributed by atoms with Crippen molar-refractivity contribution < 1.29 is 0 Å². The maximum Gasteiger partial charge on any atom is 0.0424 e. The Morgan fingerprint density at radius 1 is 1.00 bits per heavy atom. The minimum Gasteiger partial charge on any atom is -0.399 e. The van der Waals surface area contributed by atoms with Crippen molar-refractivity contribution in [2.24, 2.45) is 0 Å². The first-order valence-electron chi connectivity index (χ1n) is 9.46. The number of unbranched alkanes of at least 4 members (excludes halogenated alkanes) is 1. The first-order valence-corrected chi connectivity index (χ1v) is 9.46. The molecular weight excluding hydrogens is 268 g/mol. The molecule has 1 aromatic carbocycles. The third-order valence-corrected chi connectivity index (χ3v) is 5.62. The lowest BCUT2D eigenvalue weighted by Crippen LogP contribution is -2.41. The summed E-state index contributed by atoms with van der Waals surface area (Å²) >= 11 is 0. The van der Waals surface area contributed by atoms with E-state index in [0.717, 1.165) is 17.8 Å². The summed E-state index contributed by atoms with van der Waals surface area (Å²) in [5.74, 6) is 0. The Hall–Kier alpha value is -1.18. The summed E-state index contributed by atoms with van der Waals surface area (Å²) in [5, 5.41) is 0. The fourth-order valence-electron chi connectivity index (χ4n) is 4.46. The van der Waals surface area contributed by atoms with Gasteiger partial charge < -0.3 is 10.6 Å². The van der Waals surface area contributed by atoms with Gasteiger partial charge in [-0.3, -0.25) is 0 Å². The largest absolute Gasteiger partial charge is 0.399 e. The van der Waals surface area contributed by atoms with Crippen LogP contribution in [0.2, 0.25) is 0 Å². The van der Waals surface area contributed by atoms with Crippen molar-refractivity contribution in [3.8, 4) is 0 Å². The third kappa shape index (κ3) is 3.42. The van der Waals surface area contributed by atoms with Crippen molar-refractivity contribution >= 4 is 11.4 Å². The molecule has 0 heterocycles. The number of nitrogen functional groups attached to an aromatic ring is 1. The summed E-state index contributed by atoms with van der Waals surface area (Å²) in [6.07, 6.45) is 14.8. The number of hydrogen-bond donors (Lipinski definition) is 1. The fourth-order valence-corrected chi connectivity index (χ4v) is 4.46. The first kappa shape index (κ1) is 15.7. The van der Waals surface area contributed by atoms with Crippen molar-refractivity contribution in [1.82, 2.24) is 0 Å². The van der Waals surface area contributed by atoms with E-state index in [0.29, 0.717) is 0 Å². The summed E-state index contributed by atoms with van der Waals surface area (Å²) in [7, 11) is 0. The molecule has 0 bridgehead atoms. The number of rotatable bonds is 6. The van der Waals surface area contributed by atoms with Crippen molar-refractivity contribution in [2.45, 2.75) is 89.6 Å². The van der Waals surface area contributed by atoms with Gasteiger partial charge in [0.2, 0.25) is 0 Å². The normalized spacial score (nSPS) is 19.9. The molecule has 2 saturated carbocycles. The highest BCUT2D eigenvalue weighted by molar-refractivity contribution is 5.62. The van der Waals surface area contributed by atoms with Crippen molar-refractivity contribution in [3.63, 3.8) is 0 Å². The first-order chi connectivity index (χ1) is 10.8. The molecule has 122 valence electrons. The van der Waals surface area contributed by atoms with E-state index >= 15 is 0 Å². The zero-order valence-electron chi connectivity index (χ0n) is 14.2. The van der Waals surface area contributed by atoms with Crippen LogP contribution in [-0.4, -0.2) is 12.1 Å². The van der Waals surface area contributed by atoms with Crippen molar-refractivity contribution in [3.05, 3.63) is 23.8 Å². The van der Waals surface area contributed by atoms with Gasteiger partial charge in [-0.05, 0) is 56.2 Å². The van der Waals surface area contributed by atoms with Gasteiger partial charge in [0.1, 0.15) is 0 Å². The van der Waals surface area contributed by atoms with E-state index in [1.807, 2.05) is 0 Å². The molecule has 0 radical (unpaired) electrons. The van der Waals surface area contributed by atoms with Crippen LogP contribution in [-0.2, 0) is 6.42 Å². The second-order valence-electron chi connectivity index (χ2n) is 7.28. The highest BCUT2D eigenvalue weighted by atomic mass is 15.2. The lowest BCUT2D eigenvalue weighted by molar-refractivity contribution is 0.511. The molecule has 0 amide bonds. The van der Waals surface area contributed by atoms with E-state index in [4.69, 9.17) is 5.73 Å². The molecule has 2 aliphatic rings. The standard InChI is InChI=1S/C20H32N2/c1-2-3-8-16-13-14-17(21)15-20(16)22(18-9-4-5-10-18)19-11-6-7-12-19/h13-15,18-19H,2-12,21H2,1H3. The molecule has 0 spiro atoms. The highest BCUT2D eigenvalue weighted by Crippen LogP contribution is 2.38. The molecule has 2 fully saturated rings. The molecule has 2 nitrogen and oxygen atoms in total. The van der Waals surface area contributed by atoms with Crippen LogP contribution in [0.5, 0.6) is 0 Å². The van der Waals surface area contributed by atoms with Gasteiger partial charge in [-0.25, -0.2) is 0 Å². The molecular formula is C20H32N2. The van der Waals surface area contributed by atoms with E-state index in [1.165, 1.54) is 81.9 Å². The SMILES string of the molecule is CCCCc1ccc(N)cc1N(C1CCCC1)C1CCCC1. The van der Waals surface area contributed by atoms with Gasteiger partial charge in [-0.1, -0.05) is 45.1 Å². The molecule has 0 saturated heterocycles. The van der Waals surface area contributed by atoms with Crippen LogP contribution >= 0.6 is 0 Å². The van der Waals surface area contributed by atoms with E-state index in [9.17, 15) is 0 Å². The van der Waals surface area contributed by atoms with Gasteiger partial charge in [0.15, 0.2) is 0 Å². The zero-order valence-corrected chi connectivity index (χ0v) is 14.2. The number of anilines is 2. The number of nitrogens with zero attached hydrogens (tertiary/aromatic N) is 1. The monoisotopic (exact) mass is 300 g/mol. The van der Waals surface area contributed by atoms with Crippen LogP contribution in [0.1, 0.15) is 76.7 Å². The van der Waals surface area contributed by atoms with Gasteiger partial charge >= 0.3 is 0 Å². The van der Waals surface area contributed by atoms with Crippen molar-refractivity contribution in [2.75, 3.05) is 10.6 Å². The lowest BCUT2D eigenvalue weighted by atomic mass is 10.0. The summed E-state index contributed by atoms with van der Waals surface area (Å²) in [5.41, 5.74) is 10.1. The molecule has 22 heavy (non-hydrogen) atoms. The van der Waals surface area contributed by atoms with Crippen LogP contribution in [0.25, 0.3) is 0 Å². The summed E-state index contributed by atoms with van der Waals surface area (Å²) in [6.45, 7) is 2.28. The average Bonchev–Trinajstić information content (AvgIpc) is 3.21. The quantitative estimate of drug-likeness (QED) is 0.722. The Morgan fingerprint density at radius 2 is 1.59 bits per heavy atom. The smallest absolute Gasteiger partial charge is 0.0424 e. The van der Waals surface area contributed by atoms with Crippen LogP contribution in [0, 0.1) is 0 Å². The van der Waals surface area contributed by atoms with Crippen LogP contribution in [0.4, 0.5) is 11.4 Å². The van der Waals surface area contributed by atoms with E-state index < -0.39 is 0 Å². The minimum absolute atomic E-state index is 0.755. The molecule has 2 N–H and O–H groups in total. The third-order valence-electron chi connectivity index (χ3n) is 5.62. The Kier molecular flexibility index (Phi) is 5.28. The predicted molar refractivity (Wildman–Crippen MR) is 96.5 cm³/mol. The van der Waals surface area contributed by atoms with Crippen LogP contribution in [0.3, 0.4) is 0 Å². The van der Waals surface area contributed by atoms with Gasteiger partial charge in [-0.2, -0.15) is 0 Å². The zero-order chi connectivity index (χ0) is 15.4. The Balaban J connectivity index is 1.92. The predicted octanol–water partition coefficient (Wildman–Crippen LogP) is 5.30. The fraction of sp³-hybridized carbons (Fsp3) is 0.700. The van der Waals surface area contributed by atoms with Gasteiger partial charge in [0.25, 0.3) is 0 Å². The van der Waals surface area contributed by atoms with E-state index in [-0.39, 0.29) is 0 Å². The average molecular weight is 300 g/mol. The number of nitrogens with two attached hydrogens (primary N) is 1. The second-order valence-corrected chi connectivity index (χ2v) is 7.28. The molecule has 2 heteroatoms. The minimum atomic E-state index is 0.755. The molecule has 0 atom stereocenters. The maximum atomic E-state index is 6.16. The summed E-state index contributed by atoms with van der Waals surface area (Å²) < 4.78 is 0. The van der Waals surface area contributed by atoms with E-state index in [2.05, 4.69) is 30.0 Å². The number of aryl methyl sites for hydroxylation is 1. The lowest BCUT2D eigenvalue weighted by Gasteiger charge is -2.38. The topological polar surface area (TPSA) is 29.3 Å². The van der Waals surface area contributed by atoms with Gasteiger partial charge in [-0.15, -0.1) is 0 Å². The van der Waals surface area contributed by atoms with Crippen molar-refractivity contribution in [1.29, 1.82) is 0 Å². The molecule has 0 aromatic heterocycles. The number of hydrogen-bond acceptors (Lipinski definition) is 2. The Bertz CT molecular complexity index is 455. The Labute approximate surface area is 136 Å². The van der Waals surface area contributed by atoms with Gasteiger partial charge in [0, 0.05) is 23.5 Å². The molecule has 0 aliphatic heterocycles. The Morgan fingerprint density at radius 3 is 2.14 bits per heavy atom. The highest BCUT2D eigenvalue weighted by Gasteiger charge is 2.31. The van der Waals surface area contributed by atoms with E-state index in [1.54, 1.807) is 0 Å². The molecule has 0 unspecified atom stereocenters. The van der Waals surface area contributed by atoms with Gasteiger partial charge in [0.05, 0.1) is 0 Å². The molecule has 2 aliphatic carbocycles.